The lowest BCUT2D eigenvalue weighted by Crippen LogP contribution is -2.11. The number of amides is 1. The van der Waals surface area contributed by atoms with Gasteiger partial charge in [0.05, 0.1) is 5.56 Å². The number of hydrogen-bond donors (Lipinski definition) is 2. The van der Waals surface area contributed by atoms with Crippen molar-refractivity contribution in [3.05, 3.63) is 89.5 Å². The summed E-state index contributed by atoms with van der Waals surface area (Å²) in [7, 11) is 0. The zero-order chi connectivity index (χ0) is 22.9. The first-order chi connectivity index (χ1) is 15.2. The molecule has 2 aromatic heterocycles. The lowest BCUT2D eigenvalue weighted by molar-refractivity contribution is -0.138. The summed E-state index contributed by atoms with van der Waals surface area (Å²) >= 11 is 0. The molecule has 0 aliphatic heterocycles. The largest absolute Gasteiger partial charge is 0.416 e. The number of hydrogen-bond acceptors (Lipinski definition) is 2. The van der Waals surface area contributed by atoms with Gasteiger partial charge in [0.2, 0.25) is 5.91 Å². The lowest BCUT2D eigenvalue weighted by Gasteiger charge is -2.12. The maximum absolute atomic E-state index is 14.3. The minimum atomic E-state index is -4.53. The monoisotopic (exact) mass is 439 g/mol. The summed E-state index contributed by atoms with van der Waals surface area (Å²) < 4.78 is 53.4. The number of alkyl halides is 3. The molecule has 8 heteroatoms. The number of carbonyl (C=O) groups is 1. The average molecular weight is 439 g/mol. The molecule has 4 rings (SSSR count). The summed E-state index contributed by atoms with van der Waals surface area (Å²) in [6.45, 7) is 1.34. The quantitative estimate of drug-likeness (QED) is 0.288. The second-order valence-corrected chi connectivity index (χ2v) is 7.23. The Balaban J connectivity index is 1.54. The third-order valence-electron chi connectivity index (χ3n) is 4.95. The molecule has 162 valence electrons. The van der Waals surface area contributed by atoms with Gasteiger partial charge in [-0.25, -0.2) is 9.37 Å². The van der Waals surface area contributed by atoms with Gasteiger partial charge in [0, 0.05) is 40.7 Å². The fourth-order valence-electron chi connectivity index (χ4n) is 3.30. The van der Waals surface area contributed by atoms with Crippen LogP contribution in [0.3, 0.4) is 0 Å². The molecule has 0 bridgehead atoms. The summed E-state index contributed by atoms with van der Waals surface area (Å²) in [5.74, 6) is -1.22. The SMILES string of the molecule is Cc1ccc(NC(=O)/C=C/c2cc(-c3cnc4[nH]ccc4c3)ccc2F)cc1C(F)(F)F. The molecule has 4 aromatic rings. The second kappa shape index (κ2) is 8.30. The number of halogens is 4. The highest BCUT2D eigenvalue weighted by Crippen LogP contribution is 2.33. The van der Waals surface area contributed by atoms with Crippen LogP contribution in [0.5, 0.6) is 0 Å². The fraction of sp³-hybridized carbons (Fsp3) is 0.0833. The summed E-state index contributed by atoms with van der Waals surface area (Å²) in [6, 6.07) is 11.8. The molecular formula is C24H17F4N3O. The molecule has 2 N–H and O–H groups in total. The number of fused-ring (bicyclic) bond motifs is 1. The summed E-state index contributed by atoms with van der Waals surface area (Å²) in [6.07, 6.45) is 1.24. The van der Waals surface area contributed by atoms with Crippen LogP contribution in [-0.2, 0) is 11.0 Å². The normalized spacial score (nSPS) is 11.9. The van der Waals surface area contributed by atoms with E-state index in [-0.39, 0.29) is 16.8 Å². The molecule has 1 amide bonds. The van der Waals surface area contributed by atoms with Crippen molar-refractivity contribution in [3.63, 3.8) is 0 Å². The Labute approximate surface area is 180 Å². The Hall–Kier alpha value is -3.94. The van der Waals surface area contributed by atoms with E-state index >= 15 is 0 Å². The molecule has 2 aromatic carbocycles. The van der Waals surface area contributed by atoms with E-state index in [1.165, 1.54) is 31.2 Å². The van der Waals surface area contributed by atoms with Crippen LogP contribution in [-0.4, -0.2) is 15.9 Å². The molecular weight excluding hydrogens is 422 g/mol. The van der Waals surface area contributed by atoms with E-state index in [9.17, 15) is 22.4 Å². The van der Waals surface area contributed by atoms with Crippen LogP contribution in [0.25, 0.3) is 28.2 Å². The van der Waals surface area contributed by atoms with Crippen molar-refractivity contribution < 1.29 is 22.4 Å². The Morgan fingerprint density at radius 2 is 1.88 bits per heavy atom. The topological polar surface area (TPSA) is 57.8 Å². The van der Waals surface area contributed by atoms with Gasteiger partial charge < -0.3 is 10.3 Å². The summed E-state index contributed by atoms with van der Waals surface area (Å²) in [5, 5.41) is 3.28. The van der Waals surface area contributed by atoms with Crippen LogP contribution < -0.4 is 5.32 Å². The number of aryl methyl sites for hydroxylation is 1. The second-order valence-electron chi connectivity index (χ2n) is 7.23. The zero-order valence-electron chi connectivity index (χ0n) is 16.8. The third kappa shape index (κ3) is 4.54. The van der Waals surface area contributed by atoms with Crippen molar-refractivity contribution in [3.8, 4) is 11.1 Å². The van der Waals surface area contributed by atoms with Gasteiger partial charge in [0.1, 0.15) is 11.5 Å². The van der Waals surface area contributed by atoms with Gasteiger partial charge in [0.15, 0.2) is 0 Å². The molecule has 32 heavy (non-hydrogen) atoms. The Morgan fingerprint density at radius 3 is 2.66 bits per heavy atom. The number of nitrogens with zero attached hydrogens (tertiary/aromatic N) is 1. The van der Waals surface area contributed by atoms with Gasteiger partial charge in [-0.1, -0.05) is 12.1 Å². The zero-order valence-corrected chi connectivity index (χ0v) is 16.8. The smallest absolute Gasteiger partial charge is 0.346 e. The van der Waals surface area contributed by atoms with Crippen molar-refractivity contribution in [1.82, 2.24) is 9.97 Å². The highest BCUT2D eigenvalue weighted by Gasteiger charge is 2.32. The number of benzene rings is 2. The van der Waals surface area contributed by atoms with Crippen molar-refractivity contribution in [2.75, 3.05) is 5.32 Å². The molecule has 0 saturated heterocycles. The van der Waals surface area contributed by atoms with Gasteiger partial charge in [0.25, 0.3) is 0 Å². The van der Waals surface area contributed by atoms with Crippen LogP contribution in [0.1, 0.15) is 16.7 Å². The molecule has 2 heterocycles. The number of nitrogens with one attached hydrogen (secondary N) is 2. The molecule has 0 fully saturated rings. The van der Waals surface area contributed by atoms with Gasteiger partial charge in [-0.15, -0.1) is 0 Å². The van der Waals surface area contributed by atoms with Crippen molar-refractivity contribution in [2.45, 2.75) is 13.1 Å². The van der Waals surface area contributed by atoms with E-state index in [1.54, 1.807) is 24.5 Å². The van der Waals surface area contributed by atoms with E-state index in [0.29, 0.717) is 5.56 Å². The van der Waals surface area contributed by atoms with E-state index in [0.717, 1.165) is 28.7 Å². The summed E-state index contributed by atoms with van der Waals surface area (Å²) in [4.78, 5) is 19.5. The van der Waals surface area contributed by atoms with E-state index in [2.05, 4.69) is 15.3 Å². The number of aromatic nitrogens is 2. The minimum absolute atomic E-state index is 0.00215. The molecule has 0 unspecified atom stereocenters. The lowest BCUT2D eigenvalue weighted by atomic mass is 10.0. The molecule has 0 aliphatic carbocycles. The van der Waals surface area contributed by atoms with E-state index in [4.69, 9.17) is 0 Å². The highest BCUT2D eigenvalue weighted by atomic mass is 19.4. The molecule has 0 atom stereocenters. The fourth-order valence-corrected chi connectivity index (χ4v) is 3.30. The first kappa shape index (κ1) is 21.3. The predicted octanol–water partition coefficient (Wildman–Crippen LogP) is 6.35. The average Bonchev–Trinajstić information content (AvgIpc) is 3.21. The molecule has 4 nitrogen and oxygen atoms in total. The number of rotatable bonds is 4. The maximum Gasteiger partial charge on any atom is 0.416 e. The van der Waals surface area contributed by atoms with E-state index in [1.807, 2.05) is 12.1 Å². The third-order valence-corrected chi connectivity index (χ3v) is 4.95. The van der Waals surface area contributed by atoms with Crippen LogP contribution in [0.2, 0.25) is 0 Å². The Morgan fingerprint density at radius 1 is 1.06 bits per heavy atom. The van der Waals surface area contributed by atoms with Gasteiger partial charge in [-0.3, -0.25) is 4.79 Å². The number of pyridine rings is 1. The first-order valence-electron chi connectivity index (χ1n) is 9.61. The van der Waals surface area contributed by atoms with Crippen molar-refractivity contribution in [1.29, 1.82) is 0 Å². The maximum atomic E-state index is 14.3. The molecule has 0 saturated carbocycles. The van der Waals surface area contributed by atoms with Crippen LogP contribution in [0.4, 0.5) is 23.2 Å². The predicted molar refractivity (Wildman–Crippen MR) is 115 cm³/mol. The van der Waals surface area contributed by atoms with Crippen LogP contribution >= 0.6 is 0 Å². The number of carbonyl (C=O) groups excluding carboxylic acids is 1. The van der Waals surface area contributed by atoms with Crippen molar-refractivity contribution >= 4 is 28.7 Å². The Kier molecular flexibility index (Phi) is 5.52. The first-order valence-corrected chi connectivity index (χ1v) is 9.61. The van der Waals surface area contributed by atoms with Gasteiger partial charge >= 0.3 is 6.18 Å². The highest BCUT2D eigenvalue weighted by molar-refractivity contribution is 6.02. The Bertz CT molecular complexity index is 1340. The molecule has 0 radical (unpaired) electrons. The van der Waals surface area contributed by atoms with Crippen LogP contribution in [0, 0.1) is 12.7 Å². The molecule has 0 spiro atoms. The number of aromatic amines is 1. The molecule has 0 aliphatic rings. The summed E-state index contributed by atoms with van der Waals surface area (Å²) in [5.41, 5.74) is 1.59. The van der Waals surface area contributed by atoms with Gasteiger partial charge in [-0.05, 0) is 60.5 Å². The standard InChI is InChI=1S/C24H17F4N3O/c1-14-2-5-19(12-20(14)24(26,27)28)31-22(32)7-4-16-10-15(3-6-21(16)25)18-11-17-8-9-29-23(17)30-13-18/h2-13H,1H3,(H,29,30)(H,31,32)/b7-4+. The van der Waals surface area contributed by atoms with Gasteiger partial charge in [-0.2, -0.15) is 13.2 Å². The minimum Gasteiger partial charge on any atom is -0.346 e. The number of anilines is 1. The van der Waals surface area contributed by atoms with Crippen LogP contribution in [0.15, 0.2) is 67.0 Å². The van der Waals surface area contributed by atoms with Crippen molar-refractivity contribution in [2.24, 2.45) is 0 Å². The number of H-pyrrole nitrogens is 1. The van der Waals surface area contributed by atoms with E-state index < -0.39 is 23.5 Å².